The zero-order valence-corrected chi connectivity index (χ0v) is 16.2. The van der Waals surface area contributed by atoms with Crippen LogP contribution in [-0.2, 0) is 16.1 Å². The lowest BCUT2D eigenvalue weighted by Gasteiger charge is -2.26. The molecule has 2 fully saturated rings. The molecule has 2 aliphatic rings. The van der Waals surface area contributed by atoms with E-state index < -0.39 is 0 Å². The Morgan fingerprint density at radius 2 is 1.78 bits per heavy atom. The number of morpholine rings is 1. The molecule has 8 heteroatoms. The van der Waals surface area contributed by atoms with Crippen molar-refractivity contribution in [3.63, 3.8) is 0 Å². The molecule has 0 unspecified atom stereocenters. The van der Waals surface area contributed by atoms with Crippen LogP contribution in [-0.4, -0.2) is 75.6 Å². The van der Waals surface area contributed by atoms with Crippen molar-refractivity contribution in [3.8, 4) is 5.69 Å². The van der Waals surface area contributed by atoms with Gasteiger partial charge in [0.15, 0.2) is 11.0 Å². The van der Waals surface area contributed by atoms with Crippen molar-refractivity contribution in [1.82, 2.24) is 24.6 Å². The van der Waals surface area contributed by atoms with Crippen molar-refractivity contribution in [2.75, 3.05) is 45.1 Å². The van der Waals surface area contributed by atoms with Gasteiger partial charge >= 0.3 is 0 Å². The first-order valence-corrected chi connectivity index (χ1v) is 10.5. The maximum atomic E-state index is 12.5. The van der Waals surface area contributed by atoms with E-state index in [-0.39, 0.29) is 5.91 Å². The SMILES string of the molecule is O=C(CSc1nnc(CN2CCCC2)n1-c1ccccc1)N1CCOCC1. The average Bonchev–Trinajstić information content (AvgIpc) is 3.38. The van der Waals surface area contributed by atoms with Crippen LogP contribution in [0.15, 0.2) is 35.5 Å². The molecule has 2 aromatic rings. The minimum absolute atomic E-state index is 0.131. The molecule has 0 bridgehead atoms. The number of para-hydroxylation sites is 1. The number of rotatable bonds is 6. The van der Waals surface area contributed by atoms with Crippen LogP contribution in [0.5, 0.6) is 0 Å². The topological polar surface area (TPSA) is 63.5 Å². The van der Waals surface area contributed by atoms with Gasteiger partial charge in [-0.2, -0.15) is 0 Å². The Kier molecular flexibility index (Phi) is 6.06. The molecule has 144 valence electrons. The van der Waals surface area contributed by atoms with E-state index in [9.17, 15) is 4.79 Å². The summed E-state index contributed by atoms with van der Waals surface area (Å²) in [4.78, 5) is 16.8. The van der Waals surface area contributed by atoms with Crippen molar-refractivity contribution in [2.45, 2.75) is 24.5 Å². The molecular weight excluding hydrogens is 362 g/mol. The second kappa shape index (κ2) is 8.86. The number of hydrogen-bond acceptors (Lipinski definition) is 6. The van der Waals surface area contributed by atoms with Crippen molar-refractivity contribution < 1.29 is 9.53 Å². The number of carbonyl (C=O) groups excluding carboxylic acids is 1. The van der Waals surface area contributed by atoms with E-state index >= 15 is 0 Å². The Labute approximate surface area is 163 Å². The largest absolute Gasteiger partial charge is 0.378 e. The van der Waals surface area contributed by atoms with Gasteiger partial charge in [-0.05, 0) is 38.1 Å². The number of hydrogen-bond donors (Lipinski definition) is 0. The summed E-state index contributed by atoms with van der Waals surface area (Å²) >= 11 is 1.46. The minimum atomic E-state index is 0.131. The van der Waals surface area contributed by atoms with Crippen LogP contribution < -0.4 is 0 Å². The molecule has 1 aromatic carbocycles. The third-order valence-corrected chi connectivity index (χ3v) is 5.88. The fourth-order valence-electron chi connectivity index (χ4n) is 3.50. The van der Waals surface area contributed by atoms with E-state index in [1.165, 1.54) is 24.6 Å². The zero-order chi connectivity index (χ0) is 18.5. The Bertz CT molecular complexity index is 755. The second-order valence-electron chi connectivity index (χ2n) is 6.83. The van der Waals surface area contributed by atoms with Gasteiger partial charge in [-0.1, -0.05) is 30.0 Å². The van der Waals surface area contributed by atoms with Crippen LogP contribution in [0, 0.1) is 0 Å². The number of amides is 1. The van der Waals surface area contributed by atoms with E-state index in [0.717, 1.165) is 36.3 Å². The highest BCUT2D eigenvalue weighted by Crippen LogP contribution is 2.24. The molecule has 0 aliphatic carbocycles. The minimum Gasteiger partial charge on any atom is -0.378 e. The van der Waals surface area contributed by atoms with Crippen LogP contribution in [0.4, 0.5) is 0 Å². The molecule has 3 heterocycles. The maximum absolute atomic E-state index is 12.5. The predicted molar refractivity (Wildman–Crippen MR) is 104 cm³/mol. The molecule has 0 radical (unpaired) electrons. The van der Waals surface area contributed by atoms with Gasteiger partial charge in [0.25, 0.3) is 0 Å². The first-order valence-electron chi connectivity index (χ1n) is 9.51. The Hall–Kier alpha value is -1.90. The maximum Gasteiger partial charge on any atom is 0.233 e. The molecule has 2 saturated heterocycles. The smallest absolute Gasteiger partial charge is 0.233 e. The summed E-state index contributed by atoms with van der Waals surface area (Å²) < 4.78 is 7.42. The zero-order valence-electron chi connectivity index (χ0n) is 15.4. The van der Waals surface area contributed by atoms with Gasteiger partial charge in [0.2, 0.25) is 5.91 Å². The number of aromatic nitrogens is 3. The molecule has 27 heavy (non-hydrogen) atoms. The number of thioether (sulfide) groups is 1. The van der Waals surface area contributed by atoms with E-state index in [1.807, 2.05) is 23.1 Å². The summed E-state index contributed by atoms with van der Waals surface area (Å²) in [6.45, 7) is 5.60. The van der Waals surface area contributed by atoms with Crippen LogP contribution in [0.3, 0.4) is 0 Å². The first kappa shape index (κ1) is 18.5. The fraction of sp³-hybridized carbons (Fsp3) is 0.526. The second-order valence-corrected chi connectivity index (χ2v) is 7.78. The highest BCUT2D eigenvalue weighted by Gasteiger charge is 2.22. The van der Waals surface area contributed by atoms with Crippen LogP contribution in [0.25, 0.3) is 5.69 Å². The average molecular weight is 388 g/mol. The van der Waals surface area contributed by atoms with Gasteiger partial charge in [0.05, 0.1) is 25.5 Å². The van der Waals surface area contributed by atoms with E-state index in [0.29, 0.717) is 32.1 Å². The third kappa shape index (κ3) is 4.51. The lowest BCUT2D eigenvalue weighted by Crippen LogP contribution is -2.41. The highest BCUT2D eigenvalue weighted by atomic mass is 32.2. The van der Waals surface area contributed by atoms with Crippen LogP contribution in [0.1, 0.15) is 18.7 Å². The molecule has 0 saturated carbocycles. The standard InChI is InChI=1S/C19H25N5O2S/c25-18(23-10-12-26-13-11-23)15-27-19-21-20-17(14-22-8-4-5-9-22)24(19)16-6-2-1-3-7-16/h1-3,6-7H,4-5,8-15H2. The molecule has 2 aliphatic heterocycles. The first-order chi connectivity index (χ1) is 13.3. The number of nitrogens with zero attached hydrogens (tertiary/aromatic N) is 5. The van der Waals surface area contributed by atoms with E-state index in [4.69, 9.17) is 4.74 Å². The van der Waals surface area contributed by atoms with Gasteiger partial charge in [-0.3, -0.25) is 14.3 Å². The lowest BCUT2D eigenvalue weighted by molar-refractivity contribution is -0.132. The molecule has 7 nitrogen and oxygen atoms in total. The number of ether oxygens (including phenoxy) is 1. The Balaban J connectivity index is 1.50. The monoisotopic (exact) mass is 387 g/mol. The van der Waals surface area contributed by atoms with Crippen molar-refractivity contribution >= 4 is 17.7 Å². The highest BCUT2D eigenvalue weighted by molar-refractivity contribution is 7.99. The van der Waals surface area contributed by atoms with Crippen molar-refractivity contribution in [3.05, 3.63) is 36.2 Å². The van der Waals surface area contributed by atoms with Gasteiger partial charge in [-0.25, -0.2) is 0 Å². The summed E-state index contributed by atoms with van der Waals surface area (Å²) in [7, 11) is 0. The molecule has 4 rings (SSSR count). The summed E-state index contributed by atoms with van der Waals surface area (Å²) in [6.07, 6.45) is 2.49. The van der Waals surface area contributed by atoms with Gasteiger partial charge in [0, 0.05) is 18.8 Å². The van der Waals surface area contributed by atoms with Gasteiger partial charge in [0.1, 0.15) is 0 Å². The van der Waals surface area contributed by atoms with E-state index in [1.54, 1.807) is 0 Å². The number of likely N-dealkylation sites (tertiary alicyclic amines) is 1. The summed E-state index contributed by atoms with van der Waals surface area (Å²) in [5, 5.41) is 9.63. The summed E-state index contributed by atoms with van der Waals surface area (Å²) in [5.41, 5.74) is 1.04. The lowest BCUT2D eigenvalue weighted by atomic mass is 10.3. The van der Waals surface area contributed by atoms with Gasteiger partial charge in [-0.15, -0.1) is 10.2 Å². The molecule has 1 amide bonds. The molecule has 0 spiro atoms. The predicted octanol–water partition coefficient (Wildman–Crippen LogP) is 1.81. The van der Waals surface area contributed by atoms with Crippen LogP contribution in [0.2, 0.25) is 0 Å². The van der Waals surface area contributed by atoms with E-state index in [2.05, 4.69) is 31.8 Å². The summed E-state index contributed by atoms with van der Waals surface area (Å²) in [5.74, 6) is 1.44. The Morgan fingerprint density at radius 1 is 1.04 bits per heavy atom. The summed E-state index contributed by atoms with van der Waals surface area (Å²) in [6, 6.07) is 10.2. The Morgan fingerprint density at radius 3 is 2.52 bits per heavy atom. The quantitative estimate of drug-likeness (QED) is 0.705. The molecular formula is C19H25N5O2S. The third-order valence-electron chi connectivity index (χ3n) is 4.97. The van der Waals surface area contributed by atoms with Gasteiger partial charge < -0.3 is 9.64 Å². The number of benzene rings is 1. The molecule has 0 atom stereocenters. The molecule has 0 N–H and O–H groups in total. The number of carbonyl (C=O) groups is 1. The van der Waals surface area contributed by atoms with Crippen LogP contribution >= 0.6 is 11.8 Å². The molecule has 1 aromatic heterocycles. The van der Waals surface area contributed by atoms with Crippen molar-refractivity contribution in [1.29, 1.82) is 0 Å². The fourth-order valence-corrected chi connectivity index (χ4v) is 4.38. The van der Waals surface area contributed by atoms with Crippen molar-refractivity contribution in [2.24, 2.45) is 0 Å². The normalized spacial score (nSPS) is 18.1.